The molecule has 2 aromatic rings. The van der Waals surface area contributed by atoms with E-state index in [4.69, 9.17) is 4.74 Å². The zero-order valence-electron chi connectivity index (χ0n) is 15.1. The van der Waals surface area contributed by atoms with Crippen molar-refractivity contribution < 1.29 is 4.74 Å². The molecule has 6 nitrogen and oxygen atoms in total. The smallest absolute Gasteiger partial charge is 0.188 e. The van der Waals surface area contributed by atoms with Gasteiger partial charge in [-0.3, -0.25) is 0 Å². The van der Waals surface area contributed by atoms with Crippen LogP contribution in [0.1, 0.15) is 31.4 Å². The second-order valence-electron chi connectivity index (χ2n) is 7.38. The molecule has 2 aromatic heterocycles. The molecule has 1 atom stereocenters. The third kappa shape index (κ3) is 4.99. The molecule has 2 fully saturated rings. The molecular weight excluding hydrogens is 346 g/mol. The van der Waals surface area contributed by atoms with Gasteiger partial charge < -0.3 is 15.0 Å². The first kappa shape index (κ1) is 17.8. The first-order valence-electron chi connectivity index (χ1n) is 9.63. The summed E-state index contributed by atoms with van der Waals surface area (Å²) in [6.45, 7) is 5.56. The largest absolute Gasteiger partial charge is 0.381 e. The van der Waals surface area contributed by atoms with Crippen molar-refractivity contribution >= 4 is 22.3 Å². The van der Waals surface area contributed by atoms with Crippen molar-refractivity contribution in [2.75, 3.05) is 38.2 Å². The Morgan fingerprint density at radius 3 is 2.92 bits per heavy atom. The third-order valence-corrected chi connectivity index (χ3v) is 6.04. The highest BCUT2D eigenvalue weighted by Crippen LogP contribution is 2.24. The molecule has 0 amide bonds. The van der Waals surface area contributed by atoms with Gasteiger partial charge in [0.15, 0.2) is 5.13 Å². The van der Waals surface area contributed by atoms with Gasteiger partial charge in [0.2, 0.25) is 0 Å². The maximum atomic E-state index is 5.50. The molecule has 0 unspecified atom stereocenters. The Morgan fingerprint density at radius 1 is 1.15 bits per heavy atom. The Labute approximate surface area is 159 Å². The minimum atomic E-state index is 0.686. The fourth-order valence-corrected chi connectivity index (χ4v) is 4.58. The number of rotatable bonds is 6. The van der Waals surface area contributed by atoms with Crippen molar-refractivity contribution in [2.45, 2.75) is 32.1 Å². The standard InChI is InChI=1S/C19H27N5OS/c1-2-16(13-24(6-1)12-15-3-7-25-8-4-15)10-17-11-18(22-14-21-17)23-19-20-5-9-26-19/h5,9,11,14-16H,1-4,6-8,10,12-13H2,(H,20,21,22,23)/t16-/m1/s1. The molecule has 140 valence electrons. The van der Waals surface area contributed by atoms with E-state index < -0.39 is 0 Å². The minimum absolute atomic E-state index is 0.686. The molecule has 2 saturated heterocycles. The summed E-state index contributed by atoms with van der Waals surface area (Å²) in [5, 5.41) is 6.09. The molecule has 4 rings (SSSR count). The summed E-state index contributed by atoms with van der Waals surface area (Å²) < 4.78 is 5.50. The van der Waals surface area contributed by atoms with Crippen LogP contribution in [0.15, 0.2) is 24.0 Å². The molecule has 0 aromatic carbocycles. The van der Waals surface area contributed by atoms with Crippen LogP contribution in [-0.4, -0.2) is 52.7 Å². The molecule has 4 heterocycles. The average molecular weight is 374 g/mol. The monoisotopic (exact) mass is 373 g/mol. The molecule has 0 saturated carbocycles. The van der Waals surface area contributed by atoms with Crippen LogP contribution in [0.5, 0.6) is 0 Å². The topological polar surface area (TPSA) is 63.2 Å². The van der Waals surface area contributed by atoms with Crippen LogP contribution in [0.4, 0.5) is 10.9 Å². The second-order valence-corrected chi connectivity index (χ2v) is 8.28. The van der Waals surface area contributed by atoms with E-state index in [1.165, 1.54) is 45.3 Å². The summed E-state index contributed by atoms with van der Waals surface area (Å²) in [4.78, 5) is 15.7. The van der Waals surface area contributed by atoms with Crippen LogP contribution in [0.2, 0.25) is 0 Å². The Kier molecular flexibility index (Phi) is 6.09. The van der Waals surface area contributed by atoms with Gasteiger partial charge in [0.1, 0.15) is 12.1 Å². The number of likely N-dealkylation sites (tertiary alicyclic amines) is 1. The lowest BCUT2D eigenvalue weighted by Crippen LogP contribution is -2.40. The Morgan fingerprint density at radius 2 is 2.08 bits per heavy atom. The van der Waals surface area contributed by atoms with Crippen molar-refractivity contribution in [2.24, 2.45) is 11.8 Å². The van der Waals surface area contributed by atoms with E-state index in [0.717, 1.165) is 42.2 Å². The zero-order chi connectivity index (χ0) is 17.6. The molecule has 0 radical (unpaired) electrons. The number of ether oxygens (including phenoxy) is 1. The van der Waals surface area contributed by atoms with E-state index in [0.29, 0.717) is 5.92 Å². The SMILES string of the molecule is c1nc(C[C@H]2CCCN(CC3CCOCC3)C2)cc(Nc2nccs2)n1. The molecule has 26 heavy (non-hydrogen) atoms. The van der Waals surface area contributed by atoms with Gasteiger partial charge in [-0.1, -0.05) is 0 Å². The van der Waals surface area contributed by atoms with E-state index >= 15 is 0 Å². The van der Waals surface area contributed by atoms with Gasteiger partial charge in [-0.25, -0.2) is 15.0 Å². The summed E-state index contributed by atoms with van der Waals surface area (Å²) in [5.41, 5.74) is 1.12. The van der Waals surface area contributed by atoms with Crippen molar-refractivity contribution in [3.8, 4) is 0 Å². The van der Waals surface area contributed by atoms with Crippen LogP contribution in [0, 0.1) is 11.8 Å². The van der Waals surface area contributed by atoms with Gasteiger partial charge >= 0.3 is 0 Å². The number of aromatic nitrogens is 3. The Hall–Kier alpha value is -1.57. The quantitative estimate of drug-likeness (QED) is 0.838. The lowest BCUT2D eigenvalue weighted by atomic mass is 9.91. The fourth-order valence-electron chi connectivity index (χ4n) is 4.05. The van der Waals surface area contributed by atoms with Gasteiger partial charge in [0.05, 0.1) is 0 Å². The van der Waals surface area contributed by atoms with Crippen LogP contribution in [-0.2, 0) is 11.2 Å². The van der Waals surface area contributed by atoms with Crippen LogP contribution in [0.3, 0.4) is 0 Å². The predicted molar refractivity (Wildman–Crippen MR) is 104 cm³/mol. The third-order valence-electron chi connectivity index (χ3n) is 5.35. The lowest BCUT2D eigenvalue weighted by molar-refractivity contribution is 0.0452. The average Bonchev–Trinajstić information content (AvgIpc) is 3.16. The normalized spacial score (nSPS) is 22.4. The number of nitrogens with one attached hydrogen (secondary N) is 1. The summed E-state index contributed by atoms with van der Waals surface area (Å²) in [5.74, 6) is 2.33. The van der Waals surface area contributed by atoms with E-state index in [2.05, 4.69) is 31.2 Å². The van der Waals surface area contributed by atoms with Crippen LogP contribution >= 0.6 is 11.3 Å². The highest BCUT2D eigenvalue weighted by atomic mass is 32.1. The number of nitrogens with zero attached hydrogens (tertiary/aromatic N) is 4. The maximum Gasteiger partial charge on any atom is 0.188 e. The molecule has 0 bridgehead atoms. The van der Waals surface area contributed by atoms with E-state index in [1.54, 1.807) is 23.9 Å². The number of piperidine rings is 1. The number of hydrogen-bond donors (Lipinski definition) is 1. The van der Waals surface area contributed by atoms with E-state index in [1.807, 2.05) is 5.38 Å². The Balaban J connectivity index is 1.31. The fraction of sp³-hybridized carbons (Fsp3) is 0.632. The van der Waals surface area contributed by atoms with Gasteiger partial charge in [0.25, 0.3) is 0 Å². The summed E-state index contributed by atoms with van der Waals surface area (Å²) in [6.07, 6.45) is 9.52. The van der Waals surface area contributed by atoms with Crippen LogP contribution in [0.25, 0.3) is 0 Å². The molecule has 1 N–H and O–H groups in total. The molecular formula is C19H27N5OS. The molecule has 2 aliphatic heterocycles. The number of anilines is 2. The van der Waals surface area contributed by atoms with Crippen molar-refractivity contribution in [1.29, 1.82) is 0 Å². The second kappa shape index (κ2) is 8.88. The van der Waals surface area contributed by atoms with Crippen molar-refractivity contribution in [1.82, 2.24) is 19.9 Å². The summed E-state index contributed by atoms with van der Waals surface area (Å²) >= 11 is 1.58. The number of hydrogen-bond acceptors (Lipinski definition) is 7. The lowest BCUT2D eigenvalue weighted by Gasteiger charge is -2.36. The summed E-state index contributed by atoms with van der Waals surface area (Å²) in [6, 6.07) is 2.07. The molecule has 0 aliphatic carbocycles. The van der Waals surface area contributed by atoms with Crippen molar-refractivity contribution in [3.63, 3.8) is 0 Å². The van der Waals surface area contributed by atoms with Gasteiger partial charge in [-0.15, -0.1) is 11.3 Å². The highest BCUT2D eigenvalue weighted by molar-refractivity contribution is 7.13. The van der Waals surface area contributed by atoms with E-state index in [-0.39, 0.29) is 0 Å². The zero-order valence-corrected chi connectivity index (χ0v) is 16.0. The van der Waals surface area contributed by atoms with E-state index in [9.17, 15) is 0 Å². The van der Waals surface area contributed by atoms with Crippen LogP contribution < -0.4 is 5.32 Å². The highest BCUT2D eigenvalue weighted by Gasteiger charge is 2.24. The maximum absolute atomic E-state index is 5.50. The minimum Gasteiger partial charge on any atom is -0.381 e. The molecule has 0 spiro atoms. The van der Waals surface area contributed by atoms with Gasteiger partial charge in [-0.05, 0) is 50.5 Å². The Bertz CT molecular complexity index is 674. The first-order chi connectivity index (χ1) is 12.8. The number of thiazole rings is 1. The molecule has 7 heteroatoms. The predicted octanol–water partition coefficient (Wildman–Crippen LogP) is 3.36. The van der Waals surface area contributed by atoms with Crippen molar-refractivity contribution in [3.05, 3.63) is 29.7 Å². The van der Waals surface area contributed by atoms with Gasteiger partial charge in [0, 0.05) is 49.6 Å². The molecule has 2 aliphatic rings. The van der Waals surface area contributed by atoms with Gasteiger partial charge in [-0.2, -0.15) is 0 Å². The first-order valence-corrected chi connectivity index (χ1v) is 10.5. The summed E-state index contributed by atoms with van der Waals surface area (Å²) in [7, 11) is 0.